The Kier molecular flexibility index (Phi) is 5.23. The van der Waals surface area contributed by atoms with Gasteiger partial charge in [0.1, 0.15) is 19.3 Å². The predicted molar refractivity (Wildman–Crippen MR) is 102 cm³/mol. The molecule has 0 saturated heterocycles. The molecule has 1 aromatic heterocycles. The van der Waals surface area contributed by atoms with E-state index in [1.54, 1.807) is 14.1 Å². The SMILES string of the molecule is CN(C)C(=O)CC(O)c1cc2n(n1)CCN(Cc1ccc3c(c1)OCCO3)C2. The highest BCUT2D eigenvalue weighted by atomic mass is 16.6. The van der Waals surface area contributed by atoms with Gasteiger partial charge in [-0.3, -0.25) is 14.4 Å². The molecule has 3 heterocycles. The number of nitrogens with zero attached hydrogens (tertiary/aromatic N) is 4. The van der Waals surface area contributed by atoms with Crippen LogP contribution in [0.5, 0.6) is 11.5 Å². The zero-order valence-corrected chi connectivity index (χ0v) is 16.3. The lowest BCUT2D eigenvalue weighted by Gasteiger charge is -2.28. The van der Waals surface area contributed by atoms with Gasteiger partial charge in [-0.05, 0) is 23.8 Å². The smallest absolute Gasteiger partial charge is 0.225 e. The van der Waals surface area contributed by atoms with Crippen molar-refractivity contribution in [2.24, 2.45) is 0 Å². The Morgan fingerprint density at radius 2 is 2.00 bits per heavy atom. The fourth-order valence-electron chi connectivity index (χ4n) is 3.54. The van der Waals surface area contributed by atoms with E-state index >= 15 is 0 Å². The number of aromatic nitrogens is 2. The highest BCUT2D eigenvalue weighted by Gasteiger charge is 2.23. The van der Waals surface area contributed by atoms with Crippen molar-refractivity contribution >= 4 is 5.91 Å². The van der Waals surface area contributed by atoms with Crippen LogP contribution < -0.4 is 9.47 Å². The van der Waals surface area contributed by atoms with E-state index in [9.17, 15) is 9.90 Å². The maximum atomic E-state index is 11.8. The Labute approximate surface area is 164 Å². The van der Waals surface area contributed by atoms with E-state index < -0.39 is 6.10 Å². The Bertz CT molecular complexity index is 864. The van der Waals surface area contributed by atoms with E-state index in [1.165, 1.54) is 10.5 Å². The van der Waals surface area contributed by atoms with Gasteiger partial charge in [-0.15, -0.1) is 0 Å². The van der Waals surface area contributed by atoms with Crippen molar-refractivity contribution in [2.45, 2.75) is 32.2 Å². The minimum atomic E-state index is -0.876. The fourth-order valence-corrected chi connectivity index (χ4v) is 3.54. The summed E-state index contributed by atoms with van der Waals surface area (Å²) in [7, 11) is 3.37. The first-order valence-corrected chi connectivity index (χ1v) is 9.55. The molecule has 1 aromatic carbocycles. The lowest BCUT2D eigenvalue weighted by atomic mass is 10.1. The number of benzene rings is 1. The molecular formula is C20H26N4O4. The topological polar surface area (TPSA) is 80.1 Å². The average Bonchev–Trinajstić information content (AvgIpc) is 3.11. The summed E-state index contributed by atoms with van der Waals surface area (Å²) in [4.78, 5) is 15.6. The number of hydrogen-bond acceptors (Lipinski definition) is 6. The number of fused-ring (bicyclic) bond motifs is 2. The summed E-state index contributed by atoms with van der Waals surface area (Å²) in [5, 5.41) is 14.8. The van der Waals surface area contributed by atoms with Crippen LogP contribution in [0, 0.1) is 0 Å². The predicted octanol–water partition coefficient (Wildman–Crippen LogP) is 1.18. The van der Waals surface area contributed by atoms with E-state index in [4.69, 9.17) is 9.47 Å². The van der Waals surface area contributed by atoms with Crippen molar-refractivity contribution < 1.29 is 19.4 Å². The van der Waals surface area contributed by atoms with Gasteiger partial charge >= 0.3 is 0 Å². The van der Waals surface area contributed by atoms with Crippen LogP contribution in [-0.2, 0) is 24.4 Å². The Balaban J connectivity index is 1.41. The molecule has 2 aromatic rings. The molecule has 1 N–H and O–H groups in total. The zero-order valence-electron chi connectivity index (χ0n) is 16.3. The number of carbonyl (C=O) groups is 1. The third-order valence-electron chi connectivity index (χ3n) is 5.12. The molecule has 28 heavy (non-hydrogen) atoms. The molecule has 1 atom stereocenters. The summed E-state index contributed by atoms with van der Waals surface area (Å²) >= 11 is 0. The lowest BCUT2D eigenvalue weighted by Crippen LogP contribution is -2.33. The minimum Gasteiger partial charge on any atom is -0.486 e. The Hall–Kier alpha value is -2.58. The van der Waals surface area contributed by atoms with Gasteiger partial charge in [-0.25, -0.2) is 0 Å². The number of rotatable bonds is 5. The van der Waals surface area contributed by atoms with Crippen molar-refractivity contribution in [2.75, 3.05) is 33.9 Å². The summed E-state index contributed by atoms with van der Waals surface area (Å²) in [5.74, 6) is 1.50. The van der Waals surface area contributed by atoms with Crippen LogP contribution in [0.2, 0.25) is 0 Å². The first-order chi connectivity index (χ1) is 13.5. The number of hydrogen-bond donors (Lipinski definition) is 1. The molecule has 0 radical (unpaired) electrons. The van der Waals surface area contributed by atoms with E-state index in [0.717, 1.165) is 43.4 Å². The molecule has 2 aliphatic rings. The molecule has 2 aliphatic heterocycles. The second kappa shape index (κ2) is 7.81. The van der Waals surface area contributed by atoms with Crippen LogP contribution in [0.25, 0.3) is 0 Å². The minimum absolute atomic E-state index is 0.0460. The average molecular weight is 386 g/mol. The molecule has 1 amide bonds. The molecule has 4 rings (SSSR count). The van der Waals surface area contributed by atoms with E-state index in [-0.39, 0.29) is 12.3 Å². The number of ether oxygens (including phenoxy) is 2. The molecule has 1 unspecified atom stereocenters. The third kappa shape index (κ3) is 3.98. The van der Waals surface area contributed by atoms with Crippen molar-refractivity contribution in [3.63, 3.8) is 0 Å². The summed E-state index contributed by atoms with van der Waals surface area (Å²) in [5.41, 5.74) is 2.79. The van der Waals surface area contributed by atoms with Crippen LogP contribution in [0.1, 0.15) is 29.5 Å². The molecule has 0 saturated carbocycles. The molecule has 0 aliphatic carbocycles. The van der Waals surface area contributed by atoms with Gasteiger partial charge in [0.05, 0.1) is 24.4 Å². The second-order valence-corrected chi connectivity index (χ2v) is 7.48. The summed E-state index contributed by atoms with van der Waals surface area (Å²) in [6.07, 6.45) is -0.830. The van der Waals surface area contributed by atoms with Crippen LogP contribution in [0.3, 0.4) is 0 Å². The van der Waals surface area contributed by atoms with Gasteiger partial charge in [0.2, 0.25) is 5.91 Å². The monoisotopic (exact) mass is 386 g/mol. The Morgan fingerprint density at radius 1 is 1.21 bits per heavy atom. The highest BCUT2D eigenvalue weighted by Crippen LogP contribution is 2.31. The molecule has 0 bridgehead atoms. The van der Waals surface area contributed by atoms with Crippen LogP contribution in [0.15, 0.2) is 24.3 Å². The Morgan fingerprint density at radius 3 is 2.79 bits per heavy atom. The molecule has 8 heteroatoms. The first kappa shape index (κ1) is 18.8. The van der Waals surface area contributed by atoms with Crippen LogP contribution in [0.4, 0.5) is 0 Å². The largest absolute Gasteiger partial charge is 0.486 e. The van der Waals surface area contributed by atoms with Crippen molar-refractivity contribution in [1.29, 1.82) is 0 Å². The quantitative estimate of drug-likeness (QED) is 0.831. The molecule has 0 fully saturated rings. The van der Waals surface area contributed by atoms with E-state index in [0.29, 0.717) is 18.9 Å². The maximum Gasteiger partial charge on any atom is 0.225 e. The van der Waals surface area contributed by atoms with Crippen LogP contribution >= 0.6 is 0 Å². The number of aliphatic hydroxyl groups excluding tert-OH is 1. The summed E-state index contributed by atoms with van der Waals surface area (Å²) in [6.45, 7) is 4.36. The highest BCUT2D eigenvalue weighted by molar-refractivity contribution is 5.76. The molecule has 150 valence electrons. The van der Waals surface area contributed by atoms with Gasteiger partial charge in [0.15, 0.2) is 11.5 Å². The maximum absolute atomic E-state index is 11.8. The molecular weight excluding hydrogens is 360 g/mol. The van der Waals surface area contributed by atoms with Gasteiger partial charge in [0, 0.05) is 33.7 Å². The van der Waals surface area contributed by atoms with Crippen molar-refractivity contribution in [3.8, 4) is 11.5 Å². The lowest BCUT2D eigenvalue weighted by molar-refractivity contribution is -0.130. The van der Waals surface area contributed by atoms with Gasteiger partial charge in [0.25, 0.3) is 0 Å². The second-order valence-electron chi connectivity index (χ2n) is 7.48. The first-order valence-electron chi connectivity index (χ1n) is 9.55. The van der Waals surface area contributed by atoms with E-state index in [1.807, 2.05) is 22.9 Å². The normalized spacial score (nSPS) is 17.1. The summed E-state index contributed by atoms with van der Waals surface area (Å²) < 4.78 is 13.2. The summed E-state index contributed by atoms with van der Waals surface area (Å²) in [6, 6.07) is 7.99. The third-order valence-corrected chi connectivity index (χ3v) is 5.12. The van der Waals surface area contributed by atoms with E-state index in [2.05, 4.69) is 16.1 Å². The molecule has 8 nitrogen and oxygen atoms in total. The van der Waals surface area contributed by atoms with Crippen molar-refractivity contribution in [3.05, 3.63) is 41.2 Å². The number of aliphatic hydroxyl groups is 1. The standard InChI is InChI=1S/C20H26N4O4/c1-22(2)20(26)11-17(25)16-10-15-13-23(5-6-24(15)21-16)12-14-3-4-18-19(9-14)28-8-7-27-18/h3-4,9-10,17,25H,5-8,11-13H2,1-2H3. The van der Waals surface area contributed by atoms with Crippen molar-refractivity contribution in [1.82, 2.24) is 19.6 Å². The molecule has 0 spiro atoms. The fraction of sp³-hybridized carbons (Fsp3) is 0.500. The van der Waals surface area contributed by atoms with Gasteiger partial charge in [-0.2, -0.15) is 5.10 Å². The van der Waals surface area contributed by atoms with Gasteiger partial charge in [-0.1, -0.05) is 6.07 Å². The number of carbonyl (C=O) groups excluding carboxylic acids is 1. The van der Waals surface area contributed by atoms with Crippen LogP contribution in [-0.4, -0.2) is 64.4 Å². The van der Waals surface area contributed by atoms with Gasteiger partial charge < -0.3 is 19.5 Å². The zero-order chi connectivity index (χ0) is 19.7. The number of amides is 1.